The predicted molar refractivity (Wildman–Crippen MR) is 154 cm³/mol. The summed E-state index contributed by atoms with van der Waals surface area (Å²) in [5.74, 6) is -3.15. The number of carbonyl (C=O) groups is 3. The van der Waals surface area contributed by atoms with Crippen LogP contribution in [0.3, 0.4) is 0 Å². The monoisotopic (exact) mass is 600 g/mol. The number of benzene rings is 2. The summed E-state index contributed by atoms with van der Waals surface area (Å²) in [4.78, 5) is 44.3. The van der Waals surface area contributed by atoms with Crippen molar-refractivity contribution < 1.29 is 24.6 Å². The molecule has 9 heteroatoms. The van der Waals surface area contributed by atoms with Crippen molar-refractivity contribution in [2.75, 3.05) is 18.1 Å². The van der Waals surface area contributed by atoms with Gasteiger partial charge in [-0.1, -0.05) is 66.2 Å². The van der Waals surface area contributed by atoms with Crippen molar-refractivity contribution in [2.24, 2.45) is 17.8 Å². The van der Waals surface area contributed by atoms with Crippen LogP contribution in [0.5, 0.6) is 0 Å². The Morgan fingerprint density at radius 3 is 2.61 bits per heavy atom. The number of aliphatic hydroxyl groups excluding tert-OH is 1. The first kappa shape index (κ1) is 27.2. The number of nitrogens with zero attached hydrogens (tertiary/aromatic N) is 2. The van der Waals surface area contributed by atoms with Crippen LogP contribution < -0.4 is 4.90 Å². The Kier molecular flexibility index (Phi) is 7.39. The number of thioether (sulfide) groups is 1. The van der Waals surface area contributed by atoms with Crippen molar-refractivity contribution >= 4 is 61.9 Å². The highest BCUT2D eigenvalue weighted by atomic mass is 79.9. The molecule has 2 bridgehead atoms. The van der Waals surface area contributed by atoms with E-state index in [9.17, 15) is 24.6 Å². The van der Waals surface area contributed by atoms with E-state index in [1.54, 1.807) is 15.9 Å². The Morgan fingerprint density at radius 1 is 1.26 bits per heavy atom. The van der Waals surface area contributed by atoms with E-state index in [0.29, 0.717) is 18.5 Å². The number of hydrogen-bond donors (Lipinski definition) is 2. The van der Waals surface area contributed by atoms with Gasteiger partial charge in [-0.2, -0.15) is 0 Å². The smallest absolute Gasteiger partial charge is 0.308 e. The summed E-state index contributed by atoms with van der Waals surface area (Å²) in [6.07, 6.45) is 2.68. The molecule has 202 valence electrons. The van der Waals surface area contributed by atoms with E-state index in [0.717, 1.165) is 10.8 Å². The van der Waals surface area contributed by atoms with Crippen molar-refractivity contribution in [1.82, 2.24) is 4.90 Å². The molecule has 3 aliphatic heterocycles. The minimum absolute atomic E-state index is 0.126. The molecule has 2 N–H and O–H groups in total. The van der Waals surface area contributed by atoms with Crippen LogP contribution in [-0.2, 0) is 14.4 Å². The molecule has 0 saturated carbocycles. The lowest BCUT2D eigenvalue weighted by molar-refractivity contribution is -0.149. The molecule has 0 aromatic heterocycles. The van der Waals surface area contributed by atoms with E-state index in [1.165, 1.54) is 11.8 Å². The Morgan fingerprint density at radius 2 is 1.97 bits per heavy atom. The summed E-state index contributed by atoms with van der Waals surface area (Å²) in [7, 11) is 0. The van der Waals surface area contributed by atoms with Gasteiger partial charge in [-0.15, -0.1) is 18.3 Å². The molecular formula is C29H33BrN2O5S. The summed E-state index contributed by atoms with van der Waals surface area (Å²) in [5.41, 5.74) is 0.688. The fourth-order valence-corrected chi connectivity index (χ4v) is 10.4. The molecule has 7 atom stereocenters. The zero-order chi connectivity index (χ0) is 27.4. The predicted octanol–water partition coefficient (Wildman–Crippen LogP) is 4.32. The molecule has 2 aromatic rings. The van der Waals surface area contributed by atoms with E-state index in [-0.39, 0.29) is 41.0 Å². The van der Waals surface area contributed by atoms with Crippen molar-refractivity contribution in [3.8, 4) is 0 Å². The number of carbonyl (C=O) groups excluding carboxylic acids is 2. The molecule has 0 aliphatic carbocycles. The lowest BCUT2D eigenvalue weighted by Gasteiger charge is -2.40. The van der Waals surface area contributed by atoms with Gasteiger partial charge in [-0.05, 0) is 41.7 Å². The average molecular weight is 602 g/mol. The van der Waals surface area contributed by atoms with Gasteiger partial charge in [-0.3, -0.25) is 14.4 Å². The number of aliphatic hydroxyl groups is 1. The van der Waals surface area contributed by atoms with E-state index in [2.05, 4.69) is 22.5 Å². The number of fused-ring (bicyclic) bond motifs is 2. The number of anilines is 1. The van der Waals surface area contributed by atoms with Crippen molar-refractivity contribution in [1.29, 1.82) is 0 Å². The molecule has 7 nitrogen and oxygen atoms in total. The van der Waals surface area contributed by atoms with Gasteiger partial charge >= 0.3 is 5.97 Å². The summed E-state index contributed by atoms with van der Waals surface area (Å²) in [5, 5.41) is 22.3. The third-order valence-electron chi connectivity index (χ3n) is 8.22. The second-order valence-corrected chi connectivity index (χ2v) is 13.7. The summed E-state index contributed by atoms with van der Waals surface area (Å²) >= 11 is 5.15. The minimum Gasteiger partial charge on any atom is -0.481 e. The Labute approximate surface area is 235 Å². The second-order valence-electron chi connectivity index (χ2n) is 11.0. The van der Waals surface area contributed by atoms with Crippen molar-refractivity contribution in [3.63, 3.8) is 0 Å². The molecule has 5 rings (SSSR count). The lowest BCUT2D eigenvalue weighted by Crippen LogP contribution is -2.58. The average Bonchev–Trinajstić information content (AvgIpc) is 3.48. The number of halogens is 1. The molecule has 2 amide bonds. The maximum Gasteiger partial charge on any atom is 0.308 e. The van der Waals surface area contributed by atoms with Gasteiger partial charge in [0.2, 0.25) is 5.91 Å². The fraction of sp³-hybridized carbons (Fsp3) is 0.483. The van der Waals surface area contributed by atoms with Crippen LogP contribution in [0, 0.1) is 17.8 Å². The number of hydrogen-bond acceptors (Lipinski definition) is 5. The Balaban J connectivity index is 1.64. The van der Waals surface area contributed by atoms with Crippen LogP contribution in [0.15, 0.2) is 55.1 Å². The molecule has 0 radical (unpaired) electrons. The van der Waals surface area contributed by atoms with Crippen LogP contribution in [0.1, 0.15) is 26.7 Å². The number of amides is 2. The lowest BCUT2D eigenvalue weighted by atomic mass is 9.71. The topological polar surface area (TPSA) is 98.2 Å². The van der Waals surface area contributed by atoms with Crippen LogP contribution in [0.25, 0.3) is 10.8 Å². The summed E-state index contributed by atoms with van der Waals surface area (Å²) < 4.78 is -0.892. The zero-order valence-electron chi connectivity index (χ0n) is 21.5. The molecule has 38 heavy (non-hydrogen) atoms. The quantitative estimate of drug-likeness (QED) is 0.329. The summed E-state index contributed by atoms with van der Waals surface area (Å²) in [6.45, 7) is 7.83. The third kappa shape index (κ3) is 4.18. The number of alkyl halides is 1. The Bertz CT molecular complexity index is 1290. The first-order valence-corrected chi connectivity index (χ1v) is 14.8. The van der Waals surface area contributed by atoms with Crippen molar-refractivity contribution in [3.05, 3.63) is 55.1 Å². The number of likely N-dealkylation sites (tertiary alicyclic amines) is 1. The highest BCUT2D eigenvalue weighted by Crippen LogP contribution is 2.68. The first-order valence-electron chi connectivity index (χ1n) is 13.0. The van der Waals surface area contributed by atoms with Crippen LogP contribution in [0.2, 0.25) is 0 Å². The first-order chi connectivity index (χ1) is 18.1. The minimum atomic E-state index is -1.01. The highest BCUT2D eigenvalue weighted by Gasteiger charge is 2.76. The standard InChI is InChI=1S/C29H33BrN2O5S/c1-4-11-31(19-10-9-17-7-5-6-8-18(17)13-19)27(35)25-29-14-21(30)24(38-29)22(28(36)37)23(29)26(34)32(25)20(15-33)12-16(2)3/h4-10,13,16,20-25,33H,1,11-12,14-15H2,2-3H3,(H,36,37)/t20-,21?,22+,23+,24+,25?,29?/m1/s1. The third-order valence-corrected chi connectivity index (χ3v) is 11.4. The van der Waals surface area contributed by atoms with Gasteiger partial charge in [0.05, 0.1) is 29.2 Å². The van der Waals surface area contributed by atoms with Gasteiger partial charge in [0.1, 0.15) is 6.04 Å². The summed E-state index contributed by atoms with van der Waals surface area (Å²) in [6, 6.07) is 12.2. The maximum atomic E-state index is 14.7. The molecule has 3 aliphatic rings. The van der Waals surface area contributed by atoms with Gasteiger partial charge in [0.25, 0.3) is 5.91 Å². The second kappa shape index (κ2) is 10.3. The molecule has 2 aromatic carbocycles. The number of rotatable bonds is 9. The highest BCUT2D eigenvalue weighted by molar-refractivity contribution is 9.09. The van der Waals surface area contributed by atoms with Crippen molar-refractivity contribution in [2.45, 2.75) is 53.6 Å². The molecule has 3 unspecified atom stereocenters. The largest absolute Gasteiger partial charge is 0.481 e. The van der Waals surface area contributed by atoms with E-state index in [1.807, 2.05) is 56.3 Å². The van der Waals surface area contributed by atoms with Crippen LogP contribution >= 0.6 is 27.7 Å². The molecule has 3 saturated heterocycles. The van der Waals surface area contributed by atoms with Crippen LogP contribution in [-0.4, -0.2) is 73.0 Å². The van der Waals surface area contributed by atoms with Gasteiger partial charge in [0.15, 0.2) is 0 Å². The Hall–Kier alpha value is -2.36. The molecular weight excluding hydrogens is 568 g/mol. The molecule has 1 spiro atoms. The SMILES string of the molecule is C=CCN(C(=O)C1N([C@@H](CO)CC(C)C)C(=O)[C@@H]2[C@H](C(=O)O)[C@H]3SC12CC3Br)c1ccc2ccccc2c1. The van der Waals surface area contributed by atoms with Crippen LogP contribution in [0.4, 0.5) is 5.69 Å². The van der Waals surface area contributed by atoms with E-state index >= 15 is 0 Å². The van der Waals surface area contributed by atoms with Gasteiger partial charge < -0.3 is 20.0 Å². The zero-order valence-corrected chi connectivity index (χ0v) is 23.9. The number of aliphatic carboxylic acids is 1. The molecule has 3 heterocycles. The van der Waals surface area contributed by atoms with E-state index in [4.69, 9.17) is 0 Å². The number of carboxylic acids is 1. The normalized spacial score (nSPS) is 30.6. The fourth-order valence-electron chi connectivity index (χ4n) is 6.79. The van der Waals surface area contributed by atoms with Gasteiger partial charge in [-0.25, -0.2) is 0 Å². The van der Waals surface area contributed by atoms with Gasteiger partial charge in [0, 0.05) is 22.3 Å². The number of carboxylic acid groups (broad SMARTS) is 1. The molecule has 3 fully saturated rings. The maximum absolute atomic E-state index is 14.7. The van der Waals surface area contributed by atoms with E-state index < -0.39 is 34.6 Å².